The van der Waals surface area contributed by atoms with Gasteiger partial charge in [-0.15, -0.1) is 0 Å². The van der Waals surface area contributed by atoms with Crippen molar-refractivity contribution in [2.75, 3.05) is 39.5 Å². The minimum atomic E-state index is -4.51. The van der Waals surface area contributed by atoms with Gasteiger partial charge in [-0.3, -0.25) is 19.8 Å². The largest absolute Gasteiger partial charge is 0.474 e. The second-order valence-corrected chi connectivity index (χ2v) is 10.7. The first kappa shape index (κ1) is 28.6. The third-order valence-corrected chi connectivity index (χ3v) is 7.56. The maximum Gasteiger partial charge on any atom is 0.312 e. The summed E-state index contributed by atoms with van der Waals surface area (Å²) < 4.78 is 44.6. The molecule has 42 heavy (non-hydrogen) atoms. The summed E-state index contributed by atoms with van der Waals surface area (Å²) in [6.45, 7) is 3.21. The van der Waals surface area contributed by atoms with Crippen molar-refractivity contribution in [2.24, 2.45) is 0 Å². The minimum Gasteiger partial charge on any atom is -0.474 e. The third-order valence-electron chi connectivity index (χ3n) is 6.23. The number of carbonyl (C=O) groups is 1. The van der Waals surface area contributed by atoms with Gasteiger partial charge in [-0.2, -0.15) is 0 Å². The SMILES string of the molecule is O=C(NS(=O)(=O)c1ccc(OCC#CCN2CCOCC2)c([N+](=O)[O-])c1)c1ccccc1Oc1cnc2[nH]ccc2c1. The molecule has 216 valence electrons. The Labute approximate surface area is 240 Å². The van der Waals surface area contributed by atoms with Crippen LogP contribution < -0.4 is 14.2 Å². The second kappa shape index (κ2) is 12.7. The highest BCUT2D eigenvalue weighted by atomic mass is 32.2. The highest BCUT2D eigenvalue weighted by Gasteiger charge is 2.26. The molecule has 14 heteroatoms. The van der Waals surface area contributed by atoms with E-state index in [0.717, 1.165) is 36.7 Å². The van der Waals surface area contributed by atoms with Crippen LogP contribution in [-0.2, 0) is 14.8 Å². The lowest BCUT2D eigenvalue weighted by molar-refractivity contribution is -0.386. The first-order valence-electron chi connectivity index (χ1n) is 12.7. The highest BCUT2D eigenvalue weighted by molar-refractivity contribution is 7.90. The number of fused-ring (bicyclic) bond motifs is 1. The number of benzene rings is 2. The van der Waals surface area contributed by atoms with Gasteiger partial charge in [-0.25, -0.2) is 18.1 Å². The molecule has 1 fully saturated rings. The number of nitro benzene ring substituents is 1. The van der Waals surface area contributed by atoms with Crippen molar-refractivity contribution >= 4 is 32.7 Å². The number of nitrogens with zero attached hydrogens (tertiary/aromatic N) is 3. The number of sulfonamides is 1. The van der Waals surface area contributed by atoms with Crippen LogP contribution in [0.4, 0.5) is 5.69 Å². The number of aromatic amines is 1. The van der Waals surface area contributed by atoms with E-state index in [2.05, 4.69) is 26.7 Å². The molecule has 0 atom stereocenters. The first-order chi connectivity index (χ1) is 20.3. The molecule has 2 aromatic carbocycles. The highest BCUT2D eigenvalue weighted by Crippen LogP contribution is 2.31. The van der Waals surface area contributed by atoms with Gasteiger partial charge in [0.25, 0.3) is 15.9 Å². The summed E-state index contributed by atoms with van der Waals surface area (Å²) in [5, 5.41) is 12.5. The molecule has 0 saturated carbocycles. The van der Waals surface area contributed by atoms with Crippen molar-refractivity contribution in [1.82, 2.24) is 19.6 Å². The molecule has 13 nitrogen and oxygen atoms in total. The number of ether oxygens (including phenoxy) is 3. The van der Waals surface area contributed by atoms with Crippen molar-refractivity contribution < 1.29 is 32.3 Å². The van der Waals surface area contributed by atoms with Gasteiger partial charge in [0.05, 0.1) is 41.3 Å². The molecule has 0 unspecified atom stereocenters. The zero-order valence-corrected chi connectivity index (χ0v) is 22.9. The van der Waals surface area contributed by atoms with E-state index >= 15 is 0 Å². The van der Waals surface area contributed by atoms with Crippen LogP contribution in [0.5, 0.6) is 17.2 Å². The predicted octanol–water partition coefficient (Wildman–Crippen LogP) is 3.10. The molecule has 0 aliphatic carbocycles. The fraction of sp³-hybridized carbons (Fsp3) is 0.214. The minimum absolute atomic E-state index is 0.0691. The number of nitrogens with one attached hydrogen (secondary N) is 2. The fourth-order valence-electron chi connectivity index (χ4n) is 4.10. The van der Waals surface area contributed by atoms with Gasteiger partial charge < -0.3 is 19.2 Å². The van der Waals surface area contributed by atoms with Gasteiger partial charge in [0.15, 0.2) is 5.75 Å². The summed E-state index contributed by atoms with van der Waals surface area (Å²) in [5.74, 6) is 5.02. The van der Waals surface area contributed by atoms with Crippen molar-refractivity contribution in [3.63, 3.8) is 0 Å². The number of morpholine rings is 1. The molecule has 1 amide bonds. The summed E-state index contributed by atoms with van der Waals surface area (Å²) >= 11 is 0. The van der Waals surface area contributed by atoms with E-state index in [4.69, 9.17) is 14.2 Å². The van der Waals surface area contributed by atoms with Crippen LogP contribution >= 0.6 is 0 Å². The lowest BCUT2D eigenvalue weighted by Gasteiger charge is -2.24. The molecule has 2 N–H and O–H groups in total. The van der Waals surface area contributed by atoms with Gasteiger partial charge in [0.2, 0.25) is 0 Å². The normalized spacial score (nSPS) is 13.6. The molecule has 4 aromatic rings. The van der Waals surface area contributed by atoms with Gasteiger partial charge in [-0.05, 0) is 36.4 Å². The zero-order chi connectivity index (χ0) is 29.5. The molecule has 1 saturated heterocycles. The molecule has 1 aliphatic rings. The molecular weight excluding hydrogens is 566 g/mol. The van der Waals surface area contributed by atoms with Crippen molar-refractivity contribution in [1.29, 1.82) is 0 Å². The molecule has 1 aliphatic heterocycles. The quantitative estimate of drug-likeness (QED) is 0.168. The number of rotatable bonds is 9. The number of H-pyrrole nitrogens is 1. The Morgan fingerprint density at radius 1 is 1.12 bits per heavy atom. The third kappa shape index (κ3) is 6.84. The topological polar surface area (TPSA) is 166 Å². The summed E-state index contributed by atoms with van der Waals surface area (Å²) in [6.07, 6.45) is 3.18. The molecule has 0 spiro atoms. The Kier molecular flexibility index (Phi) is 8.63. The van der Waals surface area contributed by atoms with Crippen LogP contribution in [0.15, 0.2) is 71.9 Å². The van der Waals surface area contributed by atoms with Crippen LogP contribution in [0.25, 0.3) is 11.0 Å². The predicted molar refractivity (Wildman–Crippen MR) is 151 cm³/mol. The number of aromatic nitrogens is 2. The van der Waals surface area contributed by atoms with E-state index in [9.17, 15) is 23.3 Å². The monoisotopic (exact) mass is 591 g/mol. The molecule has 0 bridgehead atoms. The fourth-order valence-corrected chi connectivity index (χ4v) is 5.09. The van der Waals surface area contributed by atoms with Crippen molar-refractivity contribution in [3.05, 3.63) is 82.7 Å². The smallest absolute Gasteiger partial charge is 0.312 e. The number of carbonyl (C=O) groups excluding carboxylic acids is 1. The summed E-state index contributed by atoms with van der Waals surface area (Å²) in [5.41, 5.74) is -0.00118. The van der Waals surface area contributed by atoms with E-state index in [-0.39, 0.29) is 23.7 Å². The lowest BCUT2D eigenvalue weighted by atomic mass is 10.2. The number of amides is 1. The van der Waals surface area contributed by atoms with Crippen LogP contribution in [0, 0.1) is 22.0 Å². The van der Waals surface area contributed by atoms with Crippen molar-refractivity contribution in [2.45, 2.75) is 4.90 Å². The van der Waals surface area contributed by atoms with Crippen molar-refractivity contribution in [3.8, 4) is 29.1 Å². The number of pyridine rings is 1. The number of hydrogen-bond donors (Lipinski definition) is 2. The molecular formula is C28H25N5O8S. The maximum atomic E-state index is 13.1. The van der Waals surface area contributed by atoms with E-state index in [1.165, 1.54) is 18.3 Å². The molecule has 5 rings (SSSR count). The van der Waals surface area contributed by atoms with Crippen LogP contribution in [0.2, 0.25) is 0 Å². The summed E-state index contributed by atoms with van der Waals surface area (Å²) in [7, 11) is -4.51. The Bertz CT molecular complexity index is 1790. The Morgan fingerprint density at radius 3 is 2.74 bits per heavy atom. The second-order valence-electron chi connectivity index (χ2n) is 9.04. The maximum absolute atomic E-state index is 13.1. The van der Waals surface area contributed by atoms with Gasteiger partial charge in [-0.1, -0.05) is 24.0 Å². The van der Waals surface area contributed by atoms with Gasteiger partial charge >= 0.3 is 5.69 Å². The van der Waals surface area contributed by atoms with Gasteiger partial charge in [0, 0.05) is 30.7 Å². The Balaban J connectivity index is 1.27. The first-order valence-corrected chi connectivity index (χ1v) is 14.2. The molecule has 2 aromatic heterocycles. The Hall–Kier alpha value is -4.97. The number of hydrogen-bond acceptors (Lipinski definition) is 10. The summed E-state index contributed by atoms with van der Waals surface area (Å²) in [4.78, 5) is 32.8. The van der Waals surface area contributed by atoms with E-state index < -0.39 is 31.4 Å². The lowest BCUT2D eigenvalue weighted by Crippen LogP contribution is -2.36. The van der Waals surface area contributed by atoms with E-state index in [0.29, 0.717) is 31.2 Å². The number of para-hydroxylation sites is 1. The zero-order valence-electron chi connectivity index (χ0n) is 22.1. The number of nitro groups is 1. The van der Waals surface area contributed by atoms with E-state index in [1.807, 2.05) is 4.72 Å². The Morgan fingerprint density at radius 2 is 1.93 bits per heavy atom. The average Bonchev–Trinajstić information content (AvgIpc) is 3.45. The van der Waals surface area contributed by atoms with E-state index in [1.54, 1.807) is 30.5 Å². The standard InChI is InChI=1S/C28H25N5O8S/c34-28(23-5-1-2-6-25(23)41-21-17-20-9-10-29-27(20)30-19-21)31-42(37,38)22-7-8-26(24(18-22)33(35)36)40-14-4-3-11-32-12-15-39-16-13-32/h1-2,5-10,17-19H,11-16H2,(H,29,30)(H,31,34). The van der Waals surface area contributed by atoms with Crippen LogP contribution in [-0.4, -0.2) is 73.6 Å². The van der Waals surface area contributed by atoms with Crippen LogP contribution in [0.3, 0.4) is 0 Å². The average molecular weight is 592 g/mol. The molecule has 0 radical (unpaired) electrons. The van der Waals surface area contributed by atoms with Gasteiger partial charge in [0.1, 0.15) is 23.8 Å². The van der Waals surface area contributed by atoms with Crippen LogP contribution in [0.1, 0.15) is 10.4 Å². The molecule has 3 heterocycles. The summed E-state index contributed by atoms with van der Waals surface area (Å²) in [6, 6.07) is 12.7.